The van der Waals surface area contributed by atoms with Crippen LogP contribution in [0, 0.1) is 11.6 Å². The Morgan fingerprint density at radius 2 is 1.72 bits per heavy atom. The fraction of sp³-hybridized carbons (Fsp3) is 0.280. The first-order chi connectivity index (χ1) is 15.2. The van der Waals surface area contributed by atoms with Crippen LogP contribution in [-0.4, -0.2) is 23.0 Å². The molecule has 0 saturated carbocycles. The molecule has 0 aliphatic rings. The fourth-order valence-electron chi connectivity index (χ4n) is 3.50. The minimum atomic E-state index is -1.20. The summed E-state index contributed by atoms with van der Waals surface area (Å²) in [5, 5.41) is 3.47. The van der Waals surface area contributed by atoms with Gasteiger partial charge in [0.05, 0.1) is 0 Å². The van der Waals surface area contributed by atoms with Crippen LogP contribution >= 0.6 is 11.6 Å². The van der Waals surface area contributed by atoms with E-state index in [0.717, 1.165) is 11.6 Å². The summed E-state index contributed by atoms with van der Waals surface area (Å²) in [6.07, 6.45) is 1.58. The Bertz CT molecular complexity index is 1040. The van der Waals surface area contributed by atoms with Crippen molar-refractivity contribution in [3.8, 4) is 5.88 Å². The van der Waals surface area contributed by atoms with Crippen molar-refractivity contribution in [2.75, 3.05) is 6.54 Å². The second-order valence-electron chi connectivity index (χ2n) is 8.14. The Morgan fingerprint density at radius 1 is 1.06 bits per heavy atom. The molecule has 32 heavy (non-hydrogen) atoms. The van der Waals surface area contributed by atoms with E-state index in [9.17, 15) is 13.6 Å². The summed E-state index contributed by atoms with van der Waals surface area (Å²) >= 11 is 6.00. The maximum Gasteiger partial charge on any atom is 0.263 e. The van der Waals surface area contributed by atoms with Crippen molar-refractivity contribution in [2.24, 2.45) is 0 Å². The van der Waals surface area contributed by atoms with E-state index in [1.807, 2.05) is 19.1 Å². The van der Waals surface area contributed by atoms with Crippen molar-refractivity contribution in [1.29, 1.82) is 0 Å². The van der Waals surface area contributed by atoms with Gasteiger partial charge in [0.25, 0.3) is 5.91 Å². The first kappa shape index (κ1) is 23.7. The highest BCUT2D eigenvalue weighted by Crippen LogP contribution is 2.34. The smallest absolute Gasteiger partial charge is 0.263 e. The standard InChI is InChI=1S/C25H25ClF2N2O2/c1-16(17-7-9-19(26)10-8-17)22(18-12-20(27)14-21(28)13-18)15-30-24(31)25(2,3)32-23-6-4-5-11-29-23/h4-14,16,22H,15H2,1-3H3,(H,30,31). The van der Waals surface area contributed by atoms with E-state index in [1.54, 1.807) is 50.4 Å². The Balaban J connectivity index is 1.82. The van der Waals surface area contributed by atoms with Crippen LogP contribution in [0.4, 0.5) is 8.78 Å². The van der Waals surface area contributed by atoms with Gasteiger partial charge in [-0.2, -0.15) is 0 Å². The average molecular weight is 459 g/mol. The molecule has 2 aromatic carbocycles. The van der Waals surface area contributed by atoms with Crippen LogP contribution in [0.1, 0.15) is 43.7 Å². The van der Waals surface area contributed by atoms with Gasteiger partial charge in [-0.05, 0) is 61.2 Å². The maximum atomic E-state index is 14.0. The highest BCUT2D eigenvalue weighted by molar-refractivity contribution is 6.30. The van der Waals surface area contributed by atoms with Gasteiger partial charge in [0.15, 0.2) is 5.60 Å². The van der Waals surface area contributed by atoms with E-state index in [1.165, 1.54) is 12.1 Å². The number of pyridine rings is 1. The van der Waals surface area contributed by atoms with Crippen LogP contribution in [0.15, 0.2) is 66.9 Å². The number of amides is 1. The molecule has 0 bridgehead atoms. The summed E-state index contributed by atoms with van der Waals surface area (Å²) in [6.45, 7) is 5.37. The van der Waals surface area contributed by atoms with Gasteiger partial charge in [0.2, 0.25) is 5.88 Å². The van der Waals surface area contributed by atoms with Crippen LogP contribution in [0.3, 0.4) is 0 Å². The molecule has 2 atom stereocenters. The molecule has 2 unspecified atom stereocenters. The highest BCUT2D eigenvalue weighted by Gasteiger charge is 2.32. The third-order valence-electron chi connectivity index (χ3n) is 5.34. The van der Waals surface area contributed by atoms with Gasteiger partial charge in [0, 0.05) is 35.8 Å². The minimum absolute atomic E-state index is 0.153. The van der Waals surface area contributed by atoms with Crippen molar-refractivity contribution >= 4 is 17.5 Å². The van der Waals surface area contributed by atoms with Gasteiger partial charge in [-0.3, -0.25) is 4.79 Å². The lowest BCUT2D eigenvalue weighted by molar-refractivity contribution is -0.134. The van der Waals surface area contributed by atoms with E-state index in [4.69, 9.17) is 16.3 Å². The second kappa shape index (κ2) is 10.1. The Hall–Kier alpha value is -2.99. The van der Waals surface area contributed by atoms with Gasteiger partial charge in [-0.1, -0.05) is 36.7 Å². The van der Waals surface area contributed by atoms with Gasteiger partial charge in [0.1, 0.15) is 11.6 Å². The molecule has 0 saturated heterocycles. The van der Waals surface area contributed by atoms with E-state index in [-0.39, 0.29) is 18.4 Å². The molecule has 0 aliphatic carbocycles. The van der Waals surface area contributed by atoms with Crippen molar-refractivity contribution < 1.29 is 18.3 Å². The maximum absolute atomic E-state index is 14.0. The number of nitrogens with zero attached hydrogens (tertiary/aromatic N) is 1. The molecule has 1 aromatic heterocycles. The molecular formula is C25H25ClF2N2O2. The van der Waals surface area contributed by atoms with Crippen LogP contribution in [0.5, 0.6) is 5.88 Å². The van der Waals surface area contributed by atoms with Crippen LogP contribution in [0.2, 0.25) is 5.02 Å². The highest BCUT2D eigenvalue weighted by atomic mass is 35.5. The number of carbonyl (C=O) groups excluding carboxylic acids is 1. The monoisotopic (exact) mass is 458 g/mol. The first-order valence-corrected chi connectivity index (χ1v) is 10.6. The van der Waals surface area contributed by atoms with E-state index < -0.39 is 23.2 Å². The van der Waals surface area contributed by atoms with Gasteiger partial charge < -0.3 is 10.1 Å². The van der Waals surface area contributed by atoms with Crippen molar-refractivity contribution in [3.63, 3.8) is 0 Å². The summed E-state index contributed by atoms with van der Waals surface area (Å²) < 4.78 is 33.7. The van der Waals surface area contributed by atoms with Crippen molar-refractivity contribution in [2.45, 2.75) is 38.2 Å². The Kier molecular flexibility index (Phi) is 7.46. The molecule has 7 heteroatoms. The molecule has 0 radical (unpaired) electrons. The zero-order valence-electron chi connectivity index (χ0n) is 18.1. The summed E-state index contributed by atoms with van der Waals surface area (Å²) in [5.74, 6) is -1.93. The van der Waals surface area contributed by atoms with Crippen LogP contribution < -0.4 is 10.1 Å². The van der Waals surface area contributed by atoms with Gasteiger partial charge in [-0.25, -0.2) is 13.8 Å². The number of carbonyl (C=O) groups is 1. The number of rotatable bonds is 8. The number of nitrogens with one attached hydrogen (secondary N) is 1. The summed E-state index contributed by atoms with van der Waals surface area (Å²) in [4.78, 5) is 17.0. The topological polar surface area (TPSA) is 51.2 Å². The number of hydrogen-bond acceptors (Lipinski definition) is 3. The van der Waals surface area contributed by atoms with E-state index in [2.05, 4.69) is 10.3 Å². The lowest BCUT2D eigenvalue weighted by Crippen LogP contribution is -2.48. The van der Waals surface area contributed by atoms with Crippen molar-refractivity contribution in [1.82, 2.24) is 10.3 Å². The second-order valence-corrected chi connectivity index (χ2v) is 8.58. The lowest BCUT2D eigenvalue weighted by Gasteiger charge is -2.29. The quantitative estimate of drug-likeness (QED) is 0.459. The molecular weight excluding hydrogens is 434 g/mol. The molecule has 168 valence electrons. The van der Waals surface area contributed by atoms with Crippen LogP contribution in [-0.2, 0) is 4.79 Å². The average Bonchev–Trinajstić information content (AvgIpc) is 2.74. The Morgan fingerprint density at radius 3 is 2.31 bits per heavy atom. The molecule has 3 aromatic rings. The van der Waals surface area contributed by atoms with Gasteiger partial charge in [-0.15, -0.1) is 0 Å². The van der Waals surface area contributed by atoms with E-state index in [0.29, 0.717) is 16.5 Å². The summed E-state index contributed by atoms with van der Waals surface area (Å²) in [7, 11) is 0. The SMILES string of the molecule is CC(c1ccc(Cl)cc1)C(CNC(=O)C(C)(C)Oc1ccccn1)c1cc(F)cc(F)c1. The molecule has 0 spiro atoms. The first-order valence-electron chi connectivity index (χ1n) is 10.3. The normalized spacial score (nSPS) is 13.3. The zero-order valence-corrected chi connectivity index (χ0v) is 18.9. The molecule has 1 heterocycles. The third-order valence-corrected chi connectivity index (χ3v) is 5.59. The summed E-state index contributed by atoms with van der Waals surface area (Å²) in [5.41, 5.74) is 0.186. The molecule has 0 aliphatic heterocycles. The number of halogens is 3. The molecule has 4 nitrogen and oxygen atoms in total. The lowest BCUT2D eigenvalue weighted by atomic mass is 9.82. The number of aromatic nitrogens is 1. The number of benzene rings is 2. The van der Waals surface area contributed by atoms with Crippen molar-refractivity contribution in [3.05, 3.63) is 94.6 Å². The number of ether oxygens (including phenoxy) is 1. The zero-order chi connectivity index (χ0) is 23.3. The van der Waals surface area contributed by atoms with E-state index >= 15 is 0 Å². The van der Waals surface area contributed by atoms with Gasteiger partial charge >= 0.3 is 0 Å². The molecule has 3 rings (SSSR count). The molecule has 1 N–H and O–H groups in total. The predicted molar refractivity (Wildman–Crippen MR) is 121 cm³/mol. The van der Waals surface area contributed by atoms with Crippen LogP contribution in [0.25, 0.3) is 0 Å². The number of hydrogen-bond donors (Lipinski definition) is 1. The fourth-order valence-corrected chi connectivity index (χ4v) is 3.63. The third kappa shape index (κ3) is 6.04. The summed E-state index contributed by atoms with van der Waals surface area (Å²) in [6, 6.07) is 15.9. The molecule has 0 fully saturated rings. The Labute approximate surface area is 191 Å². The minimum Gasteiger partial charge on any atom is -0.462 e. The molecule has 1 amide bonds. The largest absolute Gasteiger partial charge is 0.462 e. The predicted octanol–water partition coefficient (Wildman–Crippen LogP) is 5.87.